The fourth-order valence-electron chi connectivity index (χ4n) is 2.29. The Bertz CT molecular complexity index is 523. The highest BCUT2D eigenvalue weighted by Gasteiger charge is 2.37. The van der Waals surface area contributed by atoms with E-state index in [0.717, 1.165) is 5.56 Å². The van der Waals surface area contributed by atoms with Gasteiger partial charge < -0.3 is 18.9 Å². The lowest BCUT2D eigenvalue weighted by atomic mass is 10.2. The average Bonchev–Trinajstić information content (AvgIpc) is 2.88. The summed E-state index contributed by atoms with van der Waals surface area (Å²) in [6.07, 6.45) is 2.41. The van der Waals surface area contributed by atoms with Crippen molar-refractivity contribution in [2.24, 2.45) is 0 Å². The lowest BCUT2D eigenvalue weighted by Crippen LogP contribution is -2.31. The van der Waals surface area contributed by atoms with Gasteiger partial charge in [0.25, 0.3) is 0 Å². The largest absolute Gasteiger partial charge is 0.463 e. The molecule has 0 spiro atoms. The van der Waals surface area contributed by atoms with Crippen LogP contribution in [-0.2, 0) is 30.3 Å². The summed E-state index contributed by atoms with van der Waals surface area (Å²) in [5.74, 6) is -1.03. The second-order valence-corrected chi connectivity index (χ2v) is 5.74. The summed E-state index contributed by atoms with van der Waals surface area (Å²) in [6, 6.07) is 9.85. The predicted octanol–water partition coefficient (Wildman–Crippen LogP) is 2.84. The van der Waals surface area contributed by atoms with Gasteiger partial charge >= 0.3 is 5.97 Å². The number of ether oxygens (including phenoxy) is 4. The number of rotatable bonds is 7. The molecule has 1 aliphatic heterocycles. The van der Waals surface area contributed by atoms with Crippen LogP contribution in [0, 0.1) is 0 Å². The van der Waals surface area contributed by atoms with E-state index in [1.54, 1.807) is 13.0 Å². The van der Waals surface area contributed by atoms with E-state index >= 15 is 0 Å². The first kappa shape index (κ1) is 17.7. The Hall–Kier alpha value is -1.69. The molecule has 1 heterocycles. The summed E-state index contributed by atoms with van der Waals surface area (Å²) in [5.41, 5.74) is 1.06. The number of hydrogen-bond acceptors (Lipinski definition) is 5. The molecule has 0 radical (unpaired) electrons. The summed E-state index contributed by atoms with van der Waals surface area (Å²) >= 11 is 0. The molecule has 1 aromatic rings. The summed E-state index contributed by atoms with van der Waals surface area (Å²) < 4.78 is 22.3. The second-order valence-electron chi connectivity index (χ2n) is 5.74. The zero-order chi connectivity index (χ0) is 16.7. The fourth-order valence-corrected chi connectivity index (χ4v) is 2.29. The van der Waals surface area contributed by atoms with Gasteiger partial charge in [0, 0.05) is 6.08 Å². The summed E-state index contributed by atoms with van der Waals surface area (Å²) in [4.78, 5) is 11.5. The van der Waals surface area contributed by atoms with Crippen LogP contribution in [0.15, 0.2) is 42.5 Å². The van der Waals surface area contributed by atoms with Crippen LogP contribution in [0.1, 0.15) is 26.3 Å². The molecular formula is C18H24O5. The van der Waals surface area contributed by atoms with Gasteiger partial charge in [0.1, 0.15) is 12.2 Å². The lowest BCUT2D eigenvalue weighted by molar-refractivity contribution is -0.152. The van der Waals surface area contributed by atoms with Gasteiger partial charge in [0.05, 0.1) is 19.8 Å². The van der Waals surface area contributed by atoms with Gasteiger partial charge in [0.15, 0.2) is 5.79 Å². The number of esters is 1. The number of carbonyl (C=O) groups excluding carboxylic acids is 1. The third-order valence-corrected chi connectivity index (χ3v) is 3.39. The van der Waals surface area contributed by atoms with Crippen molar-refractivity contribution in [1.82, 2.24) is 0 Å². The highest BCUT2D eigenvalue weighted by Crippen LogP contribution is 2.26. The molecule has 5 nitrogen and oxygen atoms in total. The fraction of sp³-hybridized carbons (Fsp3) is 0.500. The van der Waals surface area contributed by atoms with Crippen LogP contribution in [-0.4, -0.2) is 37.2 Å². The molecule has 0 unspecified atom stereocenters. The van der Waals surface area contributed by atoms with Crippen molar-refractivity contribution < 1.29 is 23.7 Å². The van der Waals surface area contributed by atoms with Crippen molar-refractivity contribution in [2.75, 3.05) is 13.2 Å². The normalized spacial score (nSPS) is 21.4. The first-order valence-corrected chi connectivity index (χ1v) is 7.82. The molecule has 1 aliphatic rings. The van der Waals surface area contributed by atoms with Crippen molar-refractivity contribution in [3.63, 3.8) is 0 Å². The monoisotopic (exact) mass is 320 g/mol. The maximum atomic E-state index is 11.5. The van der Waals surface area contributed by atoms with Crippen LogP contribution >= 0.6 is 0 Å². The molecule has 5 heteroatoms. The van der Waals surface area contributed by atoms with E-state index in [4.69, 9.17) is 18.9 Å². The Morgan fingerprint density at radius 2 is 2.13 bits per heavy atom. The molecule has 0 N–H and O–H groups in total. The van der Waals surface area contributed by atoms with E-state index in [-0.39, 0.29) is 18.2 Å². The van der Waals surface area contributed by atoms with Crippen LogP contribution in [0.2, 0.25) is 0 Å². The van der Waals surface area contributed by atoms with Crippen molar-refractivity contribution in [2.45, 2.75) is 45.4 Å². The molecule has 1 saturated heterocycles. The summed E-state index contributed by atoms with van der Waals surface area (Å²) in [7, 11) is 0. The van der Waals surface area contributed by atoms with Gasteiger partial charge in [-0.25, -0.2) is 4.79 Å². The molecule has 0 aliphatic carbocycles. The molecule has 0 saturated carbocycles. The first-order valence-electron chi connectivity index (χ1n) is 7.82. The lowest BCUT2D eigenvalue weighted by Gasteiger charge is -2.22. The van der Waals surface area contributed by atoms with Gasteiger partial charge in [-0.2, -0.15) is 0 Å². The molecule has 2 rings (SSSR count). The van der Waals surface area contributed by atoms with E-state index in [0.29, 0.717) is 19.8 Å². The Morgan fingerprint density at radius 1 is 1.39 bits per heavy atom. The quantitative estimate of drug-likeness (QED) is 0.571. The number of hydrogen-bond donors (Lipinski definition) is 0. The first-order chi connectivity index (χ1) is 11.0. The molecule has 0 amide bonds. The van der Waals surface area contributed by atoms with Crippen molar-refractivity contribution >= 4 is 5.97 Å². The van der Waals surface area contributed by atoms with Crippen LogP contribution in [0.3, 0.4) is 0 Å². The van der Waals surface area contributed by atoms with Gasteiger partial charge in [0.2, 0.25) is 0 Å². The molecule has 126 valence electrons. The van der Waals surface area contributed by atoms with Crippen molar-refractivity contribution in [3.05, 3.63) is 48.0 Å². The summed E-state index contributed by atoms with van der Waals surface area (Å²) in [6.45, 7) is 6.67. The van der Waals surface area contributed by atoms with Crippen LogP contribution in [0.25, 0.3) is 0 Å². The van der Waals surface area contributed by atoms with Gasteiger partial charge in [-0.15, -0.1) is 0 Å². The average molecular weight is 320 g/mol. The van der Waals surface area contributed by atoms with E-state index in [9.17, 15) is 4.79 Å². The molecule has 1 aromatic carbocycles. The van der Waals surface area contributed by atoms with Gasteiger partial charge in [-0.3, -0.25) is 0 Å². The smallest absolute Gasteiger partial charge is 0.330 e. The minimum atomic E-state index is -0.642. The Labute approximate surface area is 137 Å². The van der Waals surface area contributed by atoms with Crippen LogP contribution < -0.4 is 0 Å². The number of carbonyl (C=O) groups is 1. The molecule has 23 heavy (non-hydrogen) atoms. The Balaban J connectivity index is 2.00. The molecule has 1 fully saturated rings. The minimum Gasteiger partial charge on any atom is -0.463 e. The van der Waals surface area contributed by atoms with E-state index in [2.05, 4.69) is 0 Å². The SMILES string of the molecule is CCOC(=O)/C=C/[C@H](OCc1ccccc1)[C@@H]1COC(C)(C)O1. The van der Waals surface area contributed by atoms with Crippen molar-refractivity contribution in [3.8, 4) is 0 Å². The maximum Gasteiger partial charge on any atom is 0.330 e. The zero-order valence-electron chi connectivity index (χ0n) is 13.9. The molecule has 0 aromatic heterocycles. The zero-order valence-corrected chi connectivity index (χ0v) is 13.9. The third-order valence-electron chi connectivity index (χ3n) is 3.39. The van der Waals surface area contributed by atoms with Crippen LogP contribution in [0.5, 0.6) is 0 Å². The van der Waals surface area contributed by atoms with Gasteiger partial charge in [-0.05, 0) is 32.4 Å². The van der Waals surface area contributed by atoms with E-state index in [1.165, 1.54) is 6.08 Å². The highest BCUT2D eigenvalue weighted by molar-refractivity contribution is 5.81. The predicted molar refractivity (Wildman–Crippen MR) is 85.7 cm³/mol. The number of benzene rings is 1. The Morgan fingerprint density at radius 3 is 2.74 bits per heavy atom. The van der Waals surface area contributed by atoms with Gasteiger partial charge in [-0.1, -0.05) is 30.3 Å². The minimum absolute atomic E-state index is 0.264. The Kier molecular flexibility index (Phi) is 6.33. The topological polar surface area (TPSA) is 54.0 Å². The molecular weight excluding hydrogens is 296 g/mol. The maximum absolute atomic E-state index is 11.5. The van der Waals surface area contributed by atoms with E-state index < -0.39 is 5.79 Å². The second kappa shape index (κ2) is 8.24. The highest BCUT2D eigenvalue weighted by atomic mass is 16.7. The van der Waals surface area contributed by atoms with E-state index in [1.807, 2.05) is 44.2 Å². The standard InChI is InChI=1S/C18H24O5/c1-4-20-17(19)11-10-15(16-13-22-18(2,3)23-16)21-12-14-8-6-5-7-9-14/h5-11,15-16H,4,12-13H2,1-3H3/b11-10+/t15-,16-/m0/s1. The van der Waals surface area contributed by atoms with Crippen LogP contribution in [0.4, 0.5) is 0 Å². The molecule has 0 bridgehead atoms. The summed E-state index contributed by atoms with van der Waals surface area (Å²) in [5, 5.41) is 0. The van der Waals surface area contributed by atoms with Crippen molar-refractivity contribution in [1.29, 1.82) is 0 Å². The third kappa shape index (κ3) is 5.78. The molecule has 2 atom stereocenters.